The first-order valence-electron chi connectivity index (χ1n) is 6.25. The molecule has 0 aliphatic carbocycles. The number of para-hydroxylation sites is 1. The van der Waals surface area contributed by atoms with Gasteiger partial charge in [-0.05, 0) is 12.1 Å². The van der Waals surface area contributed by atoms with Crippen LogP contribution in [0.1, 0.15) is 17.0 Å². The van der Waals surface area contributed by atoms with Crippen LogP contribution < -0.4 is 4.74 Å². The monoisotopic (exact) mass is 289 g/mol. The Morgan fingerprint density at radius 1 is 1.38 bits per heavy atom. The van der Waals surface area contributed by atoms with Gasteiger partial charge in [0, 0.05) is 24.8 Å². The van der Waals surface area contributed by atoms with Crippen molar-refractivity contribution in [3.63, 3.8) is 0 Å². The molecule has 0 bridgehead atoms. The van der Waals surface area contributed by atoms with Crippen molar-refractivity contribution in [1.29, 1.82) is 0 Å². The minimum atomic E-state index is -1.01. The van der Waals surface area contributed by atoms with E-state index in [0.717, 1.165) is 6.08 Å². The maximum Gasteiger partial charge on any atom is 0.328 e. The van der Waals surface area contributed by atoms with Gasteiger partial charge in [-0.2, -0.15) is 0 Å². The molecule has 0 saturated heterocycles. The van der Waals surface area contributed by atoms with Gasteiger partial charge in [0.1, 0.15) is 24.7 Å². The Morgan fingerprint density at radius 2 is 2.19 bits per heavy atom. The van der Waals surface area contributed by atoms with Gasteiger partial charge in [0.2, 0.25) is 0 Å². The van der Waals surface area contributed by atoms with E-state index in [4.69, 9.17) is 19.1 Å². The molecule has 1 aromatic carbocycles. The number of benzene rings is 1. The molecule has 6 nitrogen and oxygen atoms in total. The van der Waals surface area contributed by atoms with E-state index in [9.17, 15) is 4.79 Å². The number of methoxy groups -OCH3 is 1. The van der Waals surface area contributed by atoms with E-state index in [1.807, 2.05) is 6.07 Å². The summed E-state index contributed by atoms with van der Waals surface area (Å²) >= 11 is 0. The zero-order chi connectivity index (χ0) is 15.1. The Balaban J connectivity index is 2.03. The standard InChI is InChI=1S/C15H15NO5/c1-19-10-13-8-12(16-21-13)9-20-14-5-3-2-4-11(14)6-7-15(17)18/h2-8H,9-10H2,1H3,(H,17,18). The molecule has 1 N–H and O–H groups in total. The summed E-state index contributed by atoms with van der Waals surface area (Å²) in [5.41, 5.74) is 1.32. The van der Waals surface area contributed by atoms with Gasteiger partial charge >= 0.3 is 5.97 Å². The lowest BCUT2D eigenvalue weighted by atomic mass is 10.2. The number of hydrogen-bond acceptors (Lipinski definition) is 5. The van der Waals surface area contributed by atoms with Gasteiger partial charge in [-0.15, -0.1) is 0 Å². The normalized spacial score (nSPS) is 10.9. The number of aromatic nitrogens is 1. The van der Waals surface area contributed by atoms with Crippen LogP contribution in [-0.2, 0) is 22.7 Å². The molecule has 0 radical (unpaired) electrons. The van der Waals surface area contributed by atoms with E-state index >= 15 is 0 Å². The SMILES string of the molecule is COCc1cc(COc2ccccc2C=CC(=O)O)no1. The summed E-state index contributed by atoms with van der Waals surface area (Å²) in [6, 6.07) is 8.90. The number of carboxylic acid groups (broad SMARTS) is 1. The number of nitrogens with zero attached hydrogens (tertiary/aromatic N) is 1. The summed E-state index contributed by atoms with van der Waals surface area (Å²) < 4.78 is 15.6. The molecule has 0 amide bonds. The van der Waals surface area contributed by atoms with E-state index < -0.39 is 5.97 Å². The van der Waals surface area contributed by atoms with Gasteiger partial charge < -0.3 is 19.1 Å². The third-order valence-electron chi connectivity index (χ3n) is 2.59. The summed E-state index contributed by atoms with van der Waals surface area (Å²) in [5, 5.41) is 12.5. The topological polar surface area (TPSA) is 81.8 Å². The second-order valence-corrected chi connectivity index (χ2v) is 4.22. The van der Waals surface area contributed by atoms with Crippen molar-refractivity contribution in [3.8, 4) is 5.75 Å². The molecule has 2 aromatic rings. The van der Waals surface area contributed by atoms with Crippen LogP contribution in [0.15, 0.2) is 40.9 Å². The second-order valence-electron chi connectivity index (χ2n) is 4.22. The Hall–Kier alpha value is -2.60. The molecule has 1 aromatic heterocycles. The van der Waals surface area contributed by atoms with Crippen molar-refractivity contribution in [2.75, 3.05) is 7.11 Å². The minimum Gasteiger partial charge on any atom is -0.487 e. The zero-order valence-corrected chi connectivity index (χ0v) is 11.5. The van der Waals surface area contributed by atoms with Gasteiger partial charge in [0.05, 0.1) is 0 Å². The van der Waals surface area contributed by atoms with E-state index in [2.05, 4.69) is 5.16 Å². The predicted molar refractivity (Wildman–Crippen MR) is 74.7 cm³/mol. The Bertz CT molecular complexity index is 632. The number of aliphatic carboxylic acids is 1. The van der Waals surface area contributed by atoms with E-state index in [1.54, 1.807) is 31.4 Å². The fourth-order valence-electron chi connectivity index (χ4n) is 1.70. The van der Waals surface area contributed by atoms with Crippen LogP contribution in [-0.4, -0.2) is 23.3 Å². The molecule has 1 heterocycles. The fourth-order valence-corrected chi connectivity index (χ4v) is 1.70. The lowest BCUT2D eigenvalue weighted by molar-refractivity contribution is -0.131. The van der Waals surface area contributed by atoms with Crippen molar-refractivity contribution in [2.24, 2.45) is 0 Å². The highest BCUT2D eigenvalue weighted by Gasteiger charge is 2.06. The molecular formula is C15H15NO5. The molecule has 2 rings (SSSR count). The highest BCUT2D eigenvalue weighted by atomic mass is 16.5. The second kappa shape index (κ2) is 7.25. The Labute approximate surface area is 121 Å². The van der Waals surface area contributed by atoms with Crippen molar-refractivity contribution in [3.05, 3.63) is 53.4 Å². The van der Waals surface area contributed by atoms with Crippen LogP contribution in [0.25, 0.3) is 6.08 Å². The largest absolute Gasteiger partial charge is 0.487 e. The highest BCUT2D eigenvalue weighted by Crippen LogP contribution is 2.20. The van der Waals surface area contributed by atoms with Crippen LogP contribution in [0.5, 0.6) is 5.75 Å². The zero-order valence-electron chi connectivity index (χ0n) is 11.5. The summed E-state index contributed by atoms with van der Waals surface area (Å²) in [5.74, 6) is 0.187. The maximum atomic E-state index is 10.6. The maximum absolute atomic E-state index is 10.6. The van der Waals surface area contributed by atoms with Crippen molar-refractivity contribution in [1.82, 2.24) is 5.16 Å². The summed E-state index contributed by atoms with van der Waals surface area (Å²) in [4.78, 5) is 10.6. The van der Waals surface area contributed by atoms with E-state index in [-0.39, 0.29) is 6.61 Å². The molecule has 0 fully saturated rings. The molecular weight excluding hydrogens is 274 g/mol. The van der Waals surface area contributed by atoms with Crippen LogP contribution in [0.4, 0.5) is 0 Å². The molecule has 21 heavy (non-hydrogen) atoms. The molecule has 0 saturated carbocycles. The molecule has 0 spiro atoms. The van der Waals surface area contributed by atoms with Gasteiger partial charge in [0.15, 0.2) is 5.76 Å². The van der Waals surface area contributed by atoms with Crippen LogP contribution >= 0.6 is 0 Å². The van der Waals surface area contributed by atoms with Crippen LogP contribution in [0.2, 0.25) is 0 Å². The minimum absolute atomic E-state index is 0.227. The number of carbonyl (C=O) groups is 1. The van der Waals surface area contributed by atoms with Crippen molar-refractivity contribution >= 4 is 12.0 Å². The van der Waals surface area contributed by atoms with Gasteiger partial charge in [-0.3, -0.25) is 0 Å². The van der Waals surface area contributed by atoms with Gasteiger partial charge in [-0.1, -0.05) is 23.4 Å². The summed E-state index contributed by atoms with van der Waals surface area (Å²) in [6.45, 7) is 0.579. The van der Waals surface area contributed by atoms with Crippen molar-refractivity contribution < 1.29 is 23.9 Å². The summed E-state index contributed by atoms with van der Waals surface area (Å²) in [7, 11) is 1.57. The summed E-state index contributed by atoms with van der Waals surface area (Å²) in [6.07, 6.45) is 2.55. The molecule has 110 valence electrons. The molecule has 0 aliphatic heterocycles. The highest BCUT2D eigenvalue weighted by molar-refractivity contribution is 5.85. The third-order valence-corrected chi connectivity index (χ3v) is 2.59. The molecule has 0 aliphatic rings. The lowest BCUT2D eigenvalue weighted by Crippen LogP contribution is -1.97. The first-order valence-corrected chi connectivity index (χ1v) is 6.25. The lowest BCUT2D eigenvalue weighted by Gasteiger charge is -2.07. The van der Waals surface area contributed by atoms with Crippen LogP contribution in [0, 0.1) is 0 Å². The number of carboxylic acids is 1. The van der Waals surface area contributed by atoms with E-state index in [0.29, 0.717) is 29.4 Å². The Morgan fingerprint density at radius 3 is 2.95 bits per heavy atom. The van der Waals surface area contributed by atoms with E-state index in [1.165, 1.54) is 6.08 Å². The first-order chi connectivity index (χ1) is 10.2. The number of hydrogen-bond donors (Lipinski definition) is 1. The fraction of sp³-hybridized carbons (Fsp3) is 0.200. The predicted octanol–water partition coefficient (Wildman–Crippen LogP) is 2.50. The van der Waals surface area contributed by atoms with Gasteiger partial charge in [0.25, 0.3) is 0 Å². The third kappa shape index (κ3) is 4.47. The van der Waals surface area contributed by atoms with Crippen molar-refractivity contribution in [2.45, 2.75) is 13.2 Å². The number of rotatable bonds is 7. The van der Waals surface area contributed by atoms with Gasteiger partial charge in [-0.25, -0.2) is 4.79 Å². The van der Waals surface area contributed by atoms with Crippen LogP contribution in [0.3, 0.4) is 0 Å². The first kappa shape index (κ1) is 14.8. The molecule has 6 heteroatoms. The molecule has 0 atom stereocenters. The quantitative estimate of drug-likeness (QED) is 0.789. The Kier molecular flexibility index (Phi) is 5.11. The average Bonchev–Trinajstić information content (AvgIpc) is 2.92. The molecule has 0 unspecified atom stereocenters. The number of ether oxygens (including phenoxy) is 2. The average molecular weight is 289 g/mol. The smallest absolute Gasteiger partial charge is 0.328 e.